The maximum absolute atomic E-state index is 12.3. The Hall–Kier alpha value is -2.70. The first-order chi connectivity index (χ1) is 13.6. The lowest BCUT2D eigenvalue weighted by Crippen LogP contribution is -2.17. The number of nitrogens with zero attached hydrogens (tertiary/aromatic N) is 1. The topological polar surface area (TPSA) is 73.6 Å². The lowest BCUT2D eigenvalue weighted by Gasteiger charge is -2.20. The summed E-state index contributed by atoms with van der Waals surface area (Å²) in [7, 11) is 0. The van der Waals surface area contributed by atoms with Crippen molar-refractivity contribution < 1.29 is 18.7 Å². The van der Waals surface area contributed by atoms with Gasteiger partial charge < -0.3 is 19.2 Å². The minimum Gasteiger partial charge on any atom is -0.486 e. The maximum Gasteiger partial charge on any atom is 0.224 e. The van der Waals surface area contributed by atoms with Gasteiger partial charge in [0.2, 0.25) is 5.91 Å². The van der Waals surface area contributed by atoms with Crippen LogP contribution < -0.4 is 14.8 Å². The molecular weight excluding hydrogens is 403 g/mol. The number of hydrogen-bond acceptors (Lipinski definition) is 5. The molecule has 0 unspecified atom stereocenters. The minimum absolute atomic E-state index is 0.188. The molecule has 1 aliphatic rings. The molecule has 0 aliphatic carbocycles. The van der Waals surface area contributed by atoms with E-state index in [1.165, 1.54) is 0 Å². The summed E-state index contributed by atoms with van der Waals surface area (Å²) in [6.45, 7) is 0.932. The molecule has 144 valence electrons. The van der Waals surface area contributed by atoms with Gasteiger partial charge in [-0.2, -0.15) is 0 Å². The lowest BCUT2D eigenvalue weighted by molar-refractivity contribution is -0.116. The molecule has 2 aromatic carbocycles. The van der Waals surface area contributed by atoms with Gasteiger partial charge in [0, 0.05) is 30.5 Å². The average molecular weight is 419 g/mol. The predicted octanol–water partition coefficient (Wildman–Crippen LogP) is 4.99. The lowest BCUT2D eigenvalue weighted by atomic mass is 10.2. The number of benzene rings is 2. The third-order valence-electron chi connectivity index (χ3n) is 4.16. The first-order valence-electron chi connectivity index (χ1n) is 8.69. The Labute approximate surface area is 171 Å². The fourth-order valence-corrected chi connectivity index (χ4v) is 3.23. The normalized spacial score (nSPS) is 12.6. The van der Waals surface area contributed by atoms with Crippen molar-refractivity contribution in [2.75, 3.05) is 18.5 Å². The number of aryl methyl sites for hydroxylation is 1. The summed E-state index contributed by atoms with van der Waals surface area (Å²) in [6, 6.07) is 10.6. The summed E-state index contributed by atoms with van der Waals surface area (Å²) in [6.07, 6.45) is 2.14. The van der Waals surface area contributed by atoms with E-state index in [2.05, 4.69) is 10.3 Å². The number of amides is 1. The molecular formula is C20H16Cl2N2O4. The zero-order valence-electron chi connectivity index (χ0n) is 14.7. The number of oxazole rings is 1. The van der Waals surface area contributed by atoms with Gasteiger partial charge in [0.15, 0.2) is 23.1 Å². The molecule has 0 spiro atoms. The molecule has 28 heavy (non-hydrogen) atoms. The number of ether oxygens (including phenoxy) is 2. The van der Waals surface area contributed by atoms with Crippen LogP contribution in [0.5, 0.6) is 11.5 Å². The SMILES string of the molecule is O=C(CCc1ncc(-c2ccccc2Cl)o1)Nc1cc2c(cc1Cl)OCCO2. The van der Waals surface area contributed by atoms with Crippen LogP contribution in [0, 0.1) is 0 Å². The van der Waals surface area contributed by atoms with Crippen molar-refractivity contribution in [1.29, 1.82) is 0 Å². The van der Waals surface area contributed by atoms with Crippen molar-refractivity contribution in [1.82, 2.24) is 4.98 Å². The monoisotopic (exact) mass is 418 g/mol. The fourth-order valence-electron chi connectivity index (χ4n) is 2.80. The van der Waals surface area contributed by atoms with Crippen molar-refractivity contribution in [3.63, 3.8) is 0 Å². The van der Waals surface area contributed by atoms with Crippen molar-refractivity contribution in [2.45, 2.75) is 12.8 Å². The highest BCUT2D eigenvalue weighted by molar-refractivity contribution is 6.34. The second-order valence-corrected chi connectivity index (χ2v) is 6.94. The molecule has 1 aromatic heterocycles. The van der Waals surface area contributed by atoms with E-state index in [4.69, 9.17) is 37.1 Å². The molecule has 0 bridgehead atoms. The summed E-state index contributed by atoms with van der Waals surface area (Å²) in [5, 5.41) is 3.75. The van der Waals surface area contributed by atoms with Gasteiger partial charge in [-0.15, -0.1) is 0 Å². The Morgan fingerprint density at radius 2 is 1.82 bits per heavy atom. The van der Waals surface area contributed by atoms with E-state index < -0.39 is 0 Å². The number of carbonyl (C=O) groups is 1. The van der Waals surface area contributed by atoms with E-state index in [0.29, 0.717) is 58.5 Å². The van der Waals surface area contributed by atoms with Crippen LogP contribution in [0.25, 0.3) is 11.3 Å². The molecule has 8 heteroatoms. The third kappa shape index (κ3) is 4.08. The first-order valence-corrected chi connectivity index (χ1v) is 9.44. The van der Waals surface area contributed by atoms with Crippen LogP contribution in [0.1, 0.15) is 12.3 Å². The average Bonchev–Trinajstić information content (AvgIpc) is 3.16. The number of carbonyl (C=O) groups excluding carboxylic acids is 1. The maximum atomic E-state index is 12.3. The standard InChI is InChI=1S/C20H16Cl2N2O4/c21-13-4-2-1-3-12(13)18-11-23-20(28-18)6-5-19(25)24-15-10-17-16(9-14(15)22)26-7-8-27-17/h1-4,9-11H,5-8H2,(H,24,25). The van der Waals surface area contributed by atoms with Crippen LogP contribution >= 0.6 is 23.2 Å². The van der Waals surface area contributed by atoms with Gasteiger partial charge in [0.1, 0.15) is 13.2 Å². The number of fused-ring (bicyclic) bond motifs is 1. The van der Waals surface area contributed by atoms with Crippen molar-refractivity contribution in [2.24, 2.45) is 0 Å². The largest absolute Gasteiger partial charge is 0.486 e. The Morgan fingerprint density at radius 3 is 2.61 bits per heavy atom. The van der Waals surface area contributed by atoms with Crippen LogP contribution in [-0.2, 0) is 11.2 Å². The van der Waals surface area contributed by atoms with Crippen LogP contribution in [0.3, 0.4) is 0 Å². The molecule has 0 atom stereocenters. The van der Waals surface area contributed by atoms with Gasteiger partial charge in [-0.05, 0) is 12.1 Å². The molecule has 0 saturated carbocycles. The van der Waals surface area contributed by atoms with Gasteiger partial charge in [-0.1, -0.05) is 35.3 Å². The molecule has 0 saturated heterocycles. The Balaban J connectivity index is 1.38. The number of hydrogen-bond donors (Lipinski definition) is 1. The number of anilines is 1. The molecule has 4 rings (SSSR count). The van der Waals surface area contributed by atoms with Crippen molar-refractivity contribution in [3.05, 3.63) is 58.5 Å². The van der Waals surface area contributed by atoms with Gasteiger partial charge >= 0.3 is 0 Å². The van der Waals surface area contributed by atoms with Crippen LogP contribution in [0.15, 0.2) is 47.0 Å². The highest BCUT2D eigenvalue weighted by atomic mass is 35.5. The van der Waals surface area contributed by atoms with Gasteiger partial charge in [0.05, 0.1) is 21.9 Å². The zero-order valence-corrected chi connectivity index (χ0v) is 16.2. The number of rotatable bonds is 5. The summed E-state index contributed by atoms with van der Waals surface area (Å²) >= 11 is 12.4. The van der Waals surface area contributed by atoms with E-state index in [1.54, 1.807) is 24.4 Å². The molecule has 6 nitrogen and oxygen atoms in total. The van der Waals surface area contributed by atoms with Gasteiger partial charge in [-0.3, -0.25) is 4.79 Å². The quantitative estimate of drug-likeness (QED) is 0.631. The summed E-state index contributed by atoms with van der Waals surface area (Å²) in [4.78, 5) is 16.5. The van der Waals surface area contributed by atoms with Crippen LogP contribution in [0.4, 0.5) is 5.69 Å². The minimum atomic E-state index is -0.212. The molecule has 1 N–H and O–H groups in total. The van der Waals surface area contributed by atoms with Crippen molar-refractivity contribution >= 4 is 34.8 Å². The number of aromatic nitrogens is 1. The van der Waals surface area contributed by atoms with Gasteiger partial charge in [0.25, 0.3) is 0 Å². The van der Waals surface area contributed by atoms with E-state index in [-0.39, 0.29) is 12.3 Å². The van der Waals surface area contributed by atoms with E-state index in [1.807, 2.05) is 18.2 Å². The number of halogens is 2. The summed E-state index contributed by atoms with van der Waals surface area (Å²) in [5.74, 6) is 1.94. The Bertz CT molecular complexity index is 1020. The van der Waals surface area contributed by atoms with Crippen LogP contribution in [-0.4, -0.2) is 24.1 Å². The second kappa shape index (κ2) is 8.12. The summed E-state index contributed by atoms with van der Waals surface area (Å²) < 4.78 is 16.7. The third-order valence-corrected chi connectivity index (χ3v) is 4.81. The molecule has 0 fully saturated rings. The predicted molar refractivity (Wildman–Crippen MR) is 106 cm³/mol. The van der Waals surface area contributed by atoms with E-state index in [0.717, 1.165) is 5.56 Å². The molecule has 1 amide bonds. The highest BCUT2D eigenvalue weighted by Gasteiger charge is 2.17. The van der Waals surface area contributed by atoms with E-state index >= 15 is 0 Å². The number of nitrogens with one attached hydrogen (secondary N) is 1. The zero-order chi connectivity index (χ0) is 19.5. The molecule has 0 radical (unpaired) electrons. The van der Waals surface area contributed by atoms with Crippen molar-refractivity contribution in [3.8, 4) is 22.8 Å². The summed E-state index contributed by atoms with van der Waals surface area (Å²) in [5.41, 5.74) is 1.23. The fraction of sp³-hybridized carbons (Fsp3) is 0.200. The molecule has 2 heterocycles. The second-order valence-electron chi connectivity index (χ2n) is 6.12. The van der Waals surface area contributed by atoms with Gasteiger partial charge in [-0.25, -0.2) is 4.98 Å². The Kier molecular flexibility index (Phi) is 5.41. The first kappa shape index (κ1) is 18.7. The Morgan fingerprint density at radius 1 is 1.07 bits per heavy atom. The molecule has 1 aliphatic heterocycles. The smallest absolute Gasteiger partial charge is 0.224 e. The van der Waals surface area contributed by atoms with E-state index in [9.17, 15) is 4.79 Å². The molecule has 3 aromatic rings. The highest BCUT2D eigenvalue weighted by Crippen LogP contribution is 2.38. The van der Waals surface area contributed by atoms with Crippen LogP contribution in [0.2, 0.25) is 10.0 Å².